The first-order valence-corrected chi connectivity index (χ1v) is 21.6. The number of para-hydroxylation sites is 1. The van der Waals surface area contributed by atoms with Crippen LogP contribution in [0.4, 0.5) is 0 Å². The number of hydrogen-bond acceptors (Lipinski definition) is 6. The fraction of sp³-hybridized carbons (Fsp3) is 0. The van der Waals surface area contributed by atoms with Crippen LogP contribution < -0.4 is 0 Å². The quantitative estimate of drug-likeness (QED) is 0.168. The highest BCUT2D eigenvalue weighted by Gasteiger charge is 2.18. The Morgan fingerprint density at radius 1 is 0.310 bits per heavy atom. The average Bonchev–Trinajstić information content (AvgIpc) is 4.09. The molecule has 12 aromatic rings. The molecule has 0 saturated heterocycles. The molecular formula is C51H30N4S3. The maximum Gasteiger partial charge on any atom is 0.124 e. The first-order valence-electron chi connectivity index (χ1n) is 19.2. The van der Waals surface area contributed by atoms with Crippen molar-refractivity contribution in [3.05, 3.63) is 182 Å². The summed E-state index contributed by atoms with van der Waals surface area (Å²) >= 11 is 5.22. The predicted molar refractivity (Wildman–Crippen MR) is 247 cm³/mol. The van der Waals surface area contributed by atoms with Crippen molar-refractivity contribution in [1.29, 1.82) is 0 Å². The summed E-state index contributed by atoms with van der Waals surface area (Å²) < 4.78 is 5.94. The second-order valence-electron chi connectivity index (χ2n) is 14.5. The number of fused-ring (bicyclic) bond motifs is 6. The fourth-order valence-electron chi connectivity index (χ4n) is 8.04. The SMILES string of the molecule is c1ccc(-c2ccc3sc(-c4ccc5c(c4)c4cc(-c6nc7ccc(-c8ccccc8)cc7s6)ccc4n5-c4ccc(-c5nc6ccccc6s5)cc4)nc3c2)cc1. The lowest BCUT2D eigenvalue weighted by Crippen LogP contribution is -1.94. The zero-order chi connectivity index (χ0) is 38.2. The molecule has 0 bridgehead atoms. The monoisotopic (exact) mass is 794 g/mol. The van der Waals surface area contributed by atoms with Crippen molar-refractivity contribution >= 4 is 86.5 Å². The predicted octanol–water partition coefficient (Wildman–Crippen LogP) is 14.9. The maximum atomic E-state index is 5.19. The van der Waals surface area contributed by atoms with Gasteiger partial charge in [0.05, 0.1) is 41.7 Å². The molecule has 272 valence electrons. The molecule has 0 amide bonds. The Hall–Kier alpha value is -6.77. The average molecular weight is 795 g/mol. The highest BCUT2D eigenvalue weighted by Crippen LogP contribution is 2.41. The molecule has 0 atom stereocenters. The van der Waals surface area contributed by atoms with Crippen LogP contribution in [0.5, 0.6) is 0 Å². The number of benzene rings is 8. The molecule has 7 heteroatoms. The minimum atomic E-state index is 1.01. The van der Waals surface area contributed by atoms with Crippen molar-refractivity contribution in [1.82, 2.24) is 19.5 Å². The summed E-state index contributed by atoms with van der Waals surface area (Å²) in [5, 5.41) is 5.42. The molecule has 0 saturated carbocycles. The van der Waals surface area contributed by atoms with E-state index in [9.17, 15) is 0 Å². The van der Waals surface area contributed by atoms with Gasteiger partial charge >= 0.3 is 0 Å². The van der Waals surface area contributed by atoms with Crippen LogP contribution in [0.3, 0.4) is 0 Å². The Bertz CT molecular complexity index is 3300. The molecule has 12 rings (SSSR count). The molecule has 58 heavy (non-hydrogen) atoms. The van der Waals surface area contributed by atoms with Gasteiger partial charge in [0.15, 0.2) is 0 Å². The number of hydrogen-bond donors (Lipinski definition) is 0. The van der Waals surface area contributed by atoms with Gasteiger partial charge in [0.25, 0.3) is 0 Å². The summed E-state index contributed by atoms with van der Waals surface area (Å²) in [6.07, 6.45) is 0. The van der Waals surface area contributed by atoms with E-state index >= 15 is 0 Å². The smallest absolute Gasteiger partial charge is 0.124 e. The van der Waals surface area contributed by atoms with Crippen LogP contribution in [-0.2, 0) is 0 Å². The molecule has 0 unspecified atom stereocenters. The number of thiazole rings is 3. The molecule has 8 aromatic carbocycles. The normalized spacial score (nSPS) is 11.8. The fourth-order valence-corrected chi connectivity index (χ4v) is 11.0. The Morgan fingerprint density at radius 3 is 1.45 bits per heavy atom. The van der Waals surface area contributed by atoms with Crippen LogP contribution in [0, 0.1) is 0 Å². The summed E-state index contributed by atoms with van der Waals surface area (Å²) in [6, 6.07) is 65.1. The molecule has 4 nitrogen and oxygen atoms in total. The van der Waals surface area contributed by atoms with Gasteiger partial charge in [0.2, 0.25) is 0 Å². The summed E-state index contributed by atoms with van der Waals surface area (Å²) in [5.74, 6) is 0. The molecule has 0 aliphatic heterocycles. The number of rotatable bonds is 6. The highest BCUT2D eigenvalue weighted by atomic mass is 32.1. The number of aromatic nitrogens is 4. The van der Waals surface area contributed by atoms with Crippen molar-refractivity contribution in [3.8, 4) is 59.7 Å². The van der Waals surface area contributed by atoms with E-state index < -0.39 is 0 Å². The lowest BCUT2D eigenvalue weighted by molar-refractivity contribution is 1.18. The summed E-state index contributed by atoms with van der Waals surface area (Å²) in [4.78, 5) is 15.3. The number of nitrogens with zero attached hydrogens (tertiary/aromatic N) is 4. The molecular weight excluding hydrogens is 765 g/mol. The zero-order valence-corrected chi connectivity index (χ0v) is 33.3. The van der Waals surface area contributed by atoms with E-state index in [1.807, 2.05) is 6.07 Å². The van der Waals surface area contributed by atoms with E-state index in [1.54, 1.807) is 34.0 Å². The van der Waals surface area contributed by atoms with E-state index in [0.29, 0.717) is 0 Å². The van der Waals surface area contributed by atoms with Crippen LogP contribution in [0.2, 0.25) is 0 Å². The van der Waals surface area contributed by atoms with Crippen LogP contribution in [0.15, 0.2) is 182 Å². The van der Waals surface area contributed by atoms with Crippen molar-refractivity contribution in [2.24, 2.45) is 0 Å². The summed E-state index contributed by atoms with van der Waals surface area (Å²) in [7, 11) is 0. The maximum absolute atomic E-state index is 5.19. The minimum absolute atomic E-state index is 1.01. The van der Waals surface area contributed by atoms with E-state index in [1.165, 1.54) is 47.1 Å². The van der Waals surface area contributed by atoms with Crippen LogP contribution in [0.1, 0.15) is 0 Å². The van der Waals surface area contributed by atoms with E-state index in [2.05, 4.69) is 180 Å². The van der Waals surface area contributed by atoms with Crippen LogP contribution in [0.25, 0.3) is 112 Å². The van der Waals surface area contributed by atoms with Gasteiger partial charge in [-0.25, -0.2) is 15.0 Å². The van der Waals surface area contributed by atoms with E-state index in [-0.39, 0.29) is 0 Å². The van der Waals surface area contributed by atoms with Crippen molar-refractivity contribution in [2.75, 3.05) is 0 Å². The summed E-state index contributed by atoms with van der Waals surface area (Å²) in [6.45, 7) is 0. The molecule has 4 aromatic heterocycles. The lowest BCUT2D eigenvalue weighted by atomic mass is 10.1. The van der Waals surface area contributed by atoms with Gasteiger partial charge in [0, 0.05) is 33.2 Å². The highest BCUT2D eigenvalue weighted by molar-refractivity contribution is 7.22. The summed E-state index contributed by atoms with van der Waals surface area (Å²) in [5.41, 5.74) is 14.6. The standard InChI is InChI=1S/C51H30N4S3/c1-3-9-31(10-4-1)34-20-26-47-43(29-34)54-51(57-47)37-19-25-45-40(28-37)39-27-36(50-53-42-23-17-35(30-48(42)58-50)32-11-5-2-6-12-32)18-24-44(39)55(45)38-21-15-33(16-22-38)49-52-41-13-7-8-14-46(41)56-49/h1-30H. The molecule has 0 N–H and O–H groups in total. The molecule has 0 radical (unpaired) electrons. The Labute approximate surface area is 345 Å². The second-order valence-corrected chi connectivity index (χ2v) is 17.6. The van der Waals surface area contributed by atoms with Crippen molar-refractivity contribution in [3.63, 3.8) is 0 Å². The van der Waals surface area contributed by atoms with Crippen LogP contribution >= 0.6 is 34.0 Å². The van der Waals surface area contributed by atoms with Crippen LogP contribution in [-0.4, -0.2) is 19.5 Å². The van der Waals surface area contributed by atoms with E-state index in [4.69, 9.17) is 15.0 Å². The first-order chi connectivity index (χ1) is 28.7. The van der Waals surface area contributed by atoms with E-state index in [0.717, 1.165) is 65.0 Å². The third-order valence-corrected chi connectivity index (χ3v) is 14.2. The molecule has 0 aliphatic rings. The topological polar surface area (TPSA) is 43.6 Å². The minimum Gasteiger partial charge on any atom is -0.309 e. The van der Waals surface area contributed by atoms with Crippen molar-refractivity contribution < 1.29 is 0 Å². The molecule has 0 spiro atoms. The van der Waals surface area contributed by atoms with Gasteiger partial charge < -0.3 is 4.57 Å². The Morgan fingerprint density at radius 2 is 0.793 bits per heavy atom. The third kappa shape index (κ3) is 5.66. The zero-order valence-electron chi connectivity index (χ0n) is 30.8. The largest absolute Gasteiger partial charge is 0.309 e. The second kappa shape index (κ2) is 13.4. The Balaban J connectivity index is 0.994. The van der Waals surface area contributed by atoms with Gasteiger partial charge in [-0.1, -0.05) is 84.9 Å². The van der Waals surface area contributed by atoms with Crippen molar-refractivity contribution in [2.45, 2.75) is 0 Å². The molecule has 0 fully saturated rings. The first kappa shape index (κ1) is 33.4. The van der Waals surface area contributed by atoms with Gasteiger partial charge in [-0.15, -0.1) is 34.0 Å². The molecule has 4 heterocycles. The Kier molecular flexibility index (Phi) is 7.72. The van der Waals surface area contributed by atoms with Gasteiger partial charge in [-0.2, -0.15) is 0 Å². The van der Waals surface area contributed by atoms with Gasteiger partial charge in [-0.3, -0.25) is 0 Å². The lowest BCUT2D eigenvalue weighted by Gasteiger charge is -2.09. The van der Waals surface area contributed by atoms with Gasteiger partial charge in [-0.05, 0) is 119 Å². The third-order valence-electron chi connectivity index (χ3n) is 10.9. The molecule has 0 aliphatic carbocycles. The van der Waals surface area contributed by atoms with Gasteiger partial charge in [0.1, 0.15) is 15.0 Å².